The van der Waals surface area contributed by atoms with E-state index in [-0.39, 0.29) is 21.8 Å². The minimum absolute atomic E-state index is 0.0344. The van der Waals surface area contributed by atoms with Crippen LogP contribution in [0.3, 0.4) is 0 Å². The summed E-state index contributed by atoms with van der Waals surface area (Å²) >= 11 is 10.8. The predicted octanol–water partition coefficient (Wildman–Crippen LogP) is 1.14. The lowest BCUT2D eigenvalue weighted by Crippen LogP contribution is -2.10. The molecule has 1 aromatic heterocycles. The molecule has 1 rings (SSSR count). The van der Waals surface area contributed by atoms with E-state index in [2.05, 4.69) is 10.2 Å². The second-order valence-corrected chi connectivity index (χ2v) is 5.02. The van der Waals surface area contributed by atoms with Gasteiger partial charge in [-0.3, -0.25) is 0 Å². The first-order chi connectivity index (χ1) is 6.06. The largest absolute Gasteiger partial charge is 0.222 e. The maximum absolute atomic E-state index is 11.3. The monoisotopic (exact) mass is 240 g/mol. The summed E-state index contributed by atoms with van der Waals surface area (Å²) in [5, 5.41) is 6.92. The van der Waals surface area contributed by atoms with Crippen molar-refractivity contribution in [1.29, 1.82) is 0 Å². The van der Waals surface area contributed by atoms with Gasteiger partial charge < -0.3 is 0 Å². The highest BCUT2D eigenvalue weighted by molar-refractivity contribution is 7.91. The summed E-state index contributed by atoms with van der Waals surface area (Å²) in [6, 6.07) is 2.67. The van der Waals surface area contributed by atoms with Gasteiger partial charge in [-0.2, -0.15) is 0 Å². The van der Waals surface area contributed by atoms with Crippen LogP contribution in [0.5, 0.6) is 0 Å². The smallest absolute Gasteiger partial charge is 0.198 e. The van der Waals surface area contributed by atoms with E-state index in [1.165, 1.54) is 12.1 Å². The number of hydrogen-bond acceptors (Lipinski definition) is 4. The lowest BCUT2D eigenvalue weighted by atomic mass is 10.6. The van der Waals surface area contributed by atoms with Crippen LogP contribution in [0.15, 0.2) is 17.2 Å². The molecule has 0 radical (unpaired) electrons. The van der Waals surface area contributed by atoms with Crippen LogP contribution in [0.4, 0.5) is 0 Å². The molecule has 1 heterocycles. The highest BCUT2D eigenvalue weighted by atomic mass is 35.5. The Bertz CT molecular complexity index is 376. The van der Waals surface area contributed by atoms with Crippen LogP contribution in [0, 0.1) is 0 Å². The predicted molar refractivity (Wildman–Crippen MR) is 49.8 cm³/mol. The maximum atomic E-state index is 11.3. The molecule has 0 N–H and O–H groups in total. The Morgan fingerprint density at radius 3 is 2.46 bits per heavy atom. The van der Waals surface area contributed by atoms with Crippen LogP contribution in [-0.4, -0.2) is 30.2 Å². The van der Waals surface area contributed by atoms with Crippen molar-refractivity contribution in [3.8, 4) is 0 Å². The molecule has 4 nitrogen and oxygen atoms in total. The van der Waals surface area contributed by atoms with Gasteiger partial charge in [0.2, 0.25) is 0 Å². The average molecular weight is 241 g/mol. The van der Waals surface area contributed by atoms with Crippen molar-refractivity contribution in [1.82, 2.24) is 10.2 Å². The number of aromatic nitrogens is 2. The second kappa shape index (κ2) is 4.21. The van der Waals surface area contributed by atoms with Crippen LogP contribution in [0.2, 0.25) is 5.15 Å². The third-order valence-electron chi connectivity index (χ3n) is 1.27. The molecule has 0 unspecified atom stereocenters. The van der Waals surface area contributed by atoms with Gasteiger partial charge in [0.15, 0.2) is 20.0 Å². The summed E-state index contributed by atoms with van der Waals surface area (Å²) < 4.78 is 22.6. The van der Waals surface area contributed by atoms with Crippen molar-refractivity contribution in [2.45, 2.75) is 5.03 Å². The Balaban J connectivity index is 3.02. The van der Waals surface area contributed by atoms with Crippen LogP contribution < -0.4 is 0 Å². The van der Waals surface area contributed by atoms with Gasteiger partial charge in [-0.1, -0.05) is 11.6 Å². The SMILES string of the molecule is O=S(=O)(CCCl)c1ccc(Cl)nn1. The molecule has 1 aromatic rings. The summed E-state index contributed by atoms with van der Waals surface area (Å²) in [5.41, 5.74) is 0. The normalized spacial score (nSPS) is 11.5. The quantitative estimate of drug-likeness (QED) is 0.744. The van der Waals surface area contributed by atoms with E-state index in [1.807, 2.05) is 0 Å². The molecule has 0 bridgehead atoms. The molecule has 0 aliphatic carbocycles. The molecular formula is C6H6Cl2N2O2S. The maximum Gasteiger partial charge on any atom is 0.198 e. The van der Waals surface area contributed by atoms with Crippen LogP contribution >= 0.6 is 23.2 Å². The van der Waals surface area contributed by atoms with Crippen molar-refractivity contribution in [3.05, 3.63) is 17.3 Å². The van der Waals surface area contributed by atoms with Gasteiger partial charge >= 0.3 is 0 Å². The van der Waals surface area contributed by atoms with Crippen molar-refractivity contribution >= 4 is 33.0 Å². The molecule has 0 spiro atoms. The number of alkyl halides is 1. The minimum atomic E-state index is -3.39. The lowest BCUT2D eigenvalue weighted by Gasteiger charge is -1.98. The van der Waals surface area contributed by atoms with Crippen molar-refractivity contribution in [2.75, 3.05) is 11.6 Å². The van der Waals surface area contributed by atoms with E-state index in [0.717, 1.165) is 0 Å². The zero-order chi connectivity index (χ0) is 9.90. The third-order valence-corrected chi connectivity index (χ3v) is 3.48. The minimum Gasteiger partial charge on any atom is -0.222 e. The van der Waals surface area contributed by atoms with Crippen LogP contribution in [-0.2, 0) is 9.84 Å². The van der Waals surface area contributed by atoms with E-state index < -0.39 is 9.84 Å². The first-order valence-corrected chi connectivity index (χ1v) is 5.91. The standard InChI is InChI=1S/C6H6Cl2N2O2S/c7-3-4-13(11,12)6-2-1-5(8)9-10-6/h1-2H,3-4H2. The number of rotatable bonds is 3. The number of nitrogens with zero attached hydrogens (tertiary/aromatic N) is 2. The summed E-state index contributed by atoms with van der Waals surface area (Å²) in [6.45, 7) is 0. The lowest BCUT2D eigenvalue weighted by molar-refractivity contribution is 0.591. The Morgan fingerprint density at radius 2 is 2.00 bits per heavy atom. The van der Waals surface area contributed by atoms with Gasteiger partial charge in [-0.05, 0) is 12.1 Å². The molecule has 0 saturated heterocycles. The van der Waals surface area contributed by atoms with Crippen LogP contribution in [0.1, 0.15) is 0 Å². The topological polar surface area (TPSA) is 59.9 Å². The molecule has 72 valence electrons. The first-order valence-electron chi connectivity index (χ1n) is 3.34. The molecular weight excluding hydrogens is 235 g/mol. The molecule has 0 aliphatic rings. The fourth-order valence-corrected chi connectivity index (χ4v) is 2.24. The fraction of sp³-hybridized carbons (Fsp3) is 0.333. The zero-order valence-electron chi connectivity index (χ0n) is 6.44. The van der Waals surface area contributed by atoms with Gasteiger partial charge in [0.25, 0.3) is 0 Å². The molecule has 0 fully saturated rings. The molecule has 0 atom stereocenters. The molecule has 0 saturated carbocycles. The summed E-state index contributed by atoms with van der Waals surface area (Å²) in [7, 11) is -3.39. The van der Waals surface area contributed by atoms with Gasteiger partial charge in [0.05, 0.1) is 5.75 Å². The van der Waals surface area contributed by atoms with Crippen LogP contribution in [0.25, 0.3) is 0 Å². The van der Waals surface area contributed by atoms with E-state index >= 15 is 0 Å². The first kappa shape index (κ1) is 10.7. The van der Waals surface area contributed by atoms with Gasteiger partial charge in [0.1, 0.15) is 0 Å². The molecule has 0 amide bonds. The highest BCUT2D eigenvalue weighted by Crippen LogP contribution is 2.09. The van der Waals surface area contributed by atoms with E-state index in [9.17, 15) is 8.42 Å². The molecule has 0 aromatic carbocycles. The summed E-state index contributed by atoms with van der Waals surface area (Å²) in [6.07, 6.45) is 0. The average Bonchev–Trinajstić information content (AvgIpc) is 2.05. The molecule has 7 heteroatoms. The zero-order valence-corrected chi connectivity index (χ0v) is 8.77. The number of halogens is 2. The summed E-state index contributed by atoms with van der Waals surface area (Å²) in [5.74, 6) is -0.114. The Hall–Kier alpha value is -0.390. The van der Waals surface area contributed by atoms with Gasteiger partial charge in [-0.25, -0.2) is 8.42 Å². The second-order valence-electron chi connectivity index (χ2n) is 2.20. The van der Waals surface area contributed by atoms with Crippen molar-refractivity contribution in [2.24, 2.45) is 0 Å². The van der Waals surface area contributed by atoms with E-state index in [0.29, 0.717) is 0 Å². The van der Waals surface area contributed by atoms with E-state index in [4.69, 9.17) is 23.2 Å². The van der Waals surface area contributed by atoms with Gasteiger partial charge in [-0.15, -0.1) is 21.8 Å². The number of sulfone groups is 1. The van der Waals surface area contributed by atoms with Gasteiger partial charge in [0, 0.05) is 5.88 Å². The summed E-state index contributed by atoms with van der Waals surface area (Å²) in [4.78, 5) is 0. The highest BCUT2D eigenvalue weighted by Gasteiger charge is 2.15. The van der Waals surface area contributed by atoms with Crippen molar-refractivity contribution in [3.63, 3.8) is 0 Å². The Labute approximate surface area is 85.8 Å². The third kappa shape index (κ3) is 2.79. The van der Waals surface area contributed by atoms with Crippen molar-refractivity contribution < 1.29 is 8.42 Å². The Morgan fingerprint density at radius 1 is 1.31 bits per heavy atom. The Kier molecular flexibility index (Phi) is 3.47. The molecule has 13 heavy (non-hydrogen) atoms. The number of hydrogen-bond donors (Lipinski definition) is 0. The fourth-order valence-electron chi connectivity index (χ4n) is 0.676. The van der Waals surface area contributed by atoms with E-state index in [1.54, 1.807) is 0 Å². The molecule has 0 aliphatic heterocycles.